The summed E-state index contributed by atoms with van der Waals surface area (Å²) >= 11 is 6.26. The molecule has 8 heteroatoms. The minimum atomic E-state index is -1.44. The van der Waals surface area contributed by atoms with Crippen LogP contribution in [-0.4, -0.2) is 25.1 Å². The maximum atomic E-state index is 12.5. The van der Waals surface area contributed by atoms with Crippen molar-refractivity contribution >= 4 is 35.2 Å². The van der Waals surface area contributed by atoms with E-state index in [0.717, 1.165) is 0 Å². The number of para-hydroxylation sites is 1. The summed E-state index contributed by atoms with van der Waals surface area (Å²) in [7, 11) is 1.45. The largest absolute Gasteiger partial charge is 0.545 e. The van der Waals surface area contributed by atoms with Crippen molar-refractivity contribution in [2.24, 2.45) is 0 Å². The smallest absolute Gasteiger partial charge is 0.266 e. The molecule has 29 heavy (non-hydrogen) atoms. The van der Waals surface area contributed by atoms with Gasteiger partial charge >= 0.3 is 0 Å². The fourth-order valence-corrected chi connectivity index (χ4v) is 2.71. The normalized spacial score (nSPS) is 11.0. The number of hydrogen-bond donors (Lipinski definition) is 1. The Morgan fingerprint density at radius 2 is 1.97 bits per heavy atom. The molecule has 0 aromatic heterocycles. The molecule has 1 N–H and O–H groups in total. The number of methoxy groups -OCH3 is 1. The number of carbonyl (C=O) groups is 2. The zero-order valence-corrected chi connectivity index (χ0v) is 16.7. The molecule has 0 aliphatic rings. The van der Waals surface area contributed by atoms with Gasteiger partial charge in [0.1, 0.15) is 11.6 Å². The summed E-state index contributed by atoms with van der Waals surface area (Å²) in [6.07, 6.45) is 1.18. The number of halogens is 1. The molecule has 0 aliphatic heterocycles. The first-order chi connectivity index (χ1) is 13.8. The van der Waals surface area contributed by atoms with Crippen LogP contribution in [0.15, 0.2) is 42.0 Å². The molecule has 0 bridgehead atoms. The standard InChI is InChI=1S/C21H19ClN2O5/c1-12(2)29-19-16(22)9-13(10-18(19)28-3)8-14(11-23)20(25)24-17-7-5-4-6-15(17)21(26)27/h4-10,12H,1-3H3,(H,24,25)(H,26,27)/p-1/b14-8+. The predicted molar refractivity (Wildman–Crippen MR) is 107 cm³/mol. The molecule has 7 nitrogen and oxygen atoms in total. The van der Waals surface area contributed by atoms with Crippen LogP contribution in [0, 0.1) is 11.3 Å². The van der Waals surface area contributed by atoms with Crippen molar-refractivity contribution in [2.45, 2.75) is 20.0 Å². The number of nitrogens with one attached hydrogen (secondary N) is 1. The molecular formula is C21H18ClN2O5-. The Balaban J connectivity index is 2.37. The van der Waals surface area contributed by atoms with E-state index in [4.69, 9.17) is 21.1 Å². The van der Waals surface area contributed by atoms with E-state index >= 15 is 0 Å². The fourth-order valence-electron chi connectivity index (χ4n) is 2.45. The van der Waals surface area contributed by atoms with E-state index in [1.165, 1.54) is 37.5 Å². The second-order valence-electron chi connectivity index (χ2n) is 6.16. The van der Waals surface area contributed by atoms with Gasteiger partial charge < -0.3 is 24.7 Å². The van der Waals surface area contributed by atoms with Gasteiger partial charge in [0.25, 0.3) is 5.91 Å². The van der Waals surface area contributed by atoms with Crippen LogP contribution in [0.4, 0.5) is 5.69 Å². The van der Waals surface area contributed by atoms with Crippen LogP contribution in [-0.2, 0) is 4.79 Å². The Morgan fingerprint density at radius 1 is 1.28 bits per heavy atom. The molecule has 2 aromatic carbocycles. The number of aromatic carboxylic acids is 1. The third-order valence-corrected chi connectivity index (χ3v) is 3.96. The van der Waals surface area contributed by atoms with Crippen LogP contribution in [0.25, 0.3) is 6.08 Å². The number of carbonyl (C=O) groups excluding carboxylic acids is 2. The molecule has 0 atom stereocenters. The summed E-state index contributed by atoms with van der Waals surface area (Å²) in [6, 6.07) is 10.6. The van der Waals surface area contributed by atoms with Gasteiger partial charge in [0.05, 0.1) is 29.9 Å². The molecule has 1 amide bonds. The highest BCUT2D eigenvalue weighted by Gasteiger charge is 2.16. The lowest BCUT2D eigenvalue weighted by Crippen LogP contribution is -2.25. The van der Waals surface area contributed by atoms with E-state index in [9.17, 15) is 20.0 Å². The van der Waals surface area contributed by atoms with Crippen molar-refractivity contribution in [1.29, 1.82) is 5.26 Å². The molecule has 0 unspecified atom stereocenters. The Kier molecular flexibility index (Phi) is 7.23. The molecule has 2 rings (SSSR count). The molecule has 150 valence electrons. The number of carboxylic acids is 1. The van der Waals surface area contributed by atoms with Crippen LogP contribution in [0.5, 0.6) is 11.5 Å². The summed E-state index contributed by atoms with van der Waals surface area (Å²) in [4.78, 5) is 23.6. The number of ether oxygens (including phenoxy) is 2. The van der Waals surface area contributed by atoms with Crippen molar-refractivity contribution in [3.63, 3.8) is 0 Å². The van der Waals surface area contributed by atoms with Crippen LogP contribution < -0.4 is 19.9 Å². The maximum Gasteiger partial charge on any atom is 0.266 e. The fraction of sp³-hybridized carbons (Fsp3) is 0.190. The lowest BCUT2D eigenvalue weighted by Gasteiger charge is -2.16. The number of nitrogens with zero attached hydrogens (tertiary/aromatic N) is 1. The third-order valence-electron chi connectivity index (χ3n) is 3.68. The quantitative estimate of drug-likeness (QED) is 0.551. The summed E-state index contributed by atoms with van der Waals surface area (Å²) < 4.78 is 10.9. The maximum absolute atomic E-state index is 12.5. The third kappa shape index (κ3) is 5.50. The SMILES string of the molecule is COc1cc(/C=C(\C#N)C(=O)Nc2ccccc2C(=O)[O-])cc(Cl)c1OC(C)C. The van der Waals surface area contributed by atoms with Gasteiger partial charge in [-0.1, -0.05) is 29.8 Å². The lowest BCUT2D eigenvalue weighted by atomic mass is 10.1. The van der Waals surface area contributed by atoms with Gasteiger partial charge in [0.15, 0.2) is 11.5 Å². The summed E-state index contributed by atoms with van der Waals surface area (Å²) in [5, 5.41) is 23.2. The summed E-state index contributed by atoms with van der Waals surface area (Å²) in [5.41, 5.74) is 0.00428. The molecular weight excluding hydrogens is 396 g/mol. The Bertz CT molecular complexity index is 1010. The molecule has 0 saturated carbocycles. The molecule has 0 radical (unpaired) electrons. The van der Waals surface area contributed by atoms with E-state index in [0.29, 0.717) is 17.1 Å². The minimum absolute atomic E-state index is 0.0231. The van der Waals surface area contributed by atoms with Crippen molar-refractivity contribution in [1.82, 2.24) is 0 Å². The first-order valence-electron chi connectivity index (χ1n) is 8.54. The monoisotopic (exact) mass is 413 g/mol. The van der Waals surface area contributed by atoms with Crippen LogP contribution in [0.2, 0.25) is 5.02 Å². The lowest BCUT2D eigenvalue weighted by molar-refractivity contribution is -0.254. The number of hydrogen-bond acceptors (Lipinski definition) is 6. The Morgan fingerprint density at radius 3 is 2.55 bits per heavy atom. The van der Waals surface area contributed by atoms with Gasteiger partial charge in [-0.3, -0.25) is 4.79 Å². The highest BCUT2D eigenvalue weighted by Crippen LogP contribution is 2.37. The van der Waals surface area contributed by atoms with Crippen LogP contribution >= 0.6 is 11.6 Å². The van der Waals surface area contributed by atoms with Crippen molar-refractivity contribution in [3.8, 4) is 17.6 Å². The molecule has 2 aromatic rings. The van der Waals surface area contributed by atoms with Crippen LogP contribution in [0.1, 0.15) is 29.8 Å². The minimum Gasteiger partial charge on any atom is -0.545 e. The Hall–Kier alpha value is -3.50. The number of nitriles is 1. The van der Waals surface area contributed by atoms with Gasteiger partial charge in [-0.2, -0.15) is 5.26 Å². The second kappa shape index (κ2) is 9.62. The van der Waals surface area contributed by atoms with E-state index < -0.39 is 11.9 Å². The number of rotatable bonds is 7. The Labute approximate surface area is 173 Å². The van der Waals surface area contributed by atoms with E-state index in [1.807, 2.05) is 13.8 Å². The predicted octanol–water partition coefficient (Wildman–Crippen LogP) is 3.04. The molecule has 0 heterocycles. The number of benzene rings is 2. The second-order valence-corrected chi connectivity index (χ2v) is 6.56. The number of amides is 1. The highest BCUT2D eigenvalue weighted by atomic mass is 35.5. The van der Waals surface area contributed by atoms with Gasteiger partial charge in [0, 0.05) is 5.56 Å². The van der Waals surface area contributed by atoms with Crippen molar-refractivity contribution in [2.75, 3.05) is 12.4 Å². The highest BCUT2D eigenvalue weighted by molar-refractivity contribution is 6.32. The van der Waals surface area contributed by atoms with E-state index in [2.05, 4.69) is 5.32 Å². The number of anilines is 1. The van der Waals surface area contributed by atoms with Crippen molar-refractivity contribution < 1.29 is 24.2 Å². The van der Waals surface area contributed by atoms with Crippen LogP contribution in [0.3, 0.4) is 0 Å². The zero-order valence-electron chi connectivity index (χ0n) is 16.0. The van der Waals surface area contributed by atoms with Crippen molar-refractivity contribution in [3.05, 3.63) is 58.1 Å². The summed E-state index contributed by atoms with van der Waals surface area (Å²) in [5.74, 6) is -1.52. The number of carboxylic acid groups (broad SMARTS) is 1. The van der Waals surface area contributed by atoms with Gasteiger partial charge in [0.2, 0.25) is 0 Å². The first-order valence-corrected chi connectivity index (χ1v) is 8.92. The van der Waals surface area contributed by atoms with Gasteiger partial charge in [-0.25, -0.2) is 0 Å². The topological polar surface area (TPSA) is 111 Å². The molecule has 0 saturated heterocycles. The average molecular weight is 414 g/mol. The van der Waals surface area contributed by atoms with Gasteiger partial charge in [-0.05, 0) is 43.7 Å². The van der Waals surface area contributed by atoms with Gasteiger partial charge in [-0.15, -0.1) is 0 Å². The van der Waals surface area contributed by atoms with E-state index in [1.54, 1.807) is 18.2 Å². The zero-order chi connectivity index (χ0) is 21.6. The first kappa shape index (κ1) is 21.8. The molecule has 0 spiro atoms. The molecule has 0 fully saturated rings. The summed E-state index contributed by atoms with van der Waals surface area (Å²) in [6.45, 7) is 3.68. The van der Waals surface area contributed by atoms with E-state index in [-0.39, 0.29) is 28.0 Å². The molecule has 0 aliphatic carbocycles. The average Bonchev–Trinajstić information content (AvgIpc) is 2.67.